The molecule has 3 N–H and O–H groups in total. The van der Waals surface area contributed by atoms with Crippen LogP contribution in [-0.2, 0) is 22.1 Å². The van der Waals surface area contributed by atoms with E-state index in [0.29, 0.717) is 38.4 Å². The summed E-state index contributed by atoms with van der Waals surface area (Å²) in [6.45, 7) is 2.18. The minimum Gasteiger partial charge on any atom is -0.440 e. The van der Waals surface area contributed by atoms with E-state index in [1.165, 1.54) is 12.5 Å². The van der Waals surface area contributed by atoms with Crippen LogP contribution < -0.4 is 0 Å². The van der Waals surface area contributed by atoms with Crippen LogP contribution in [-0.4, -0.2) is 46.6 Å². The van der Waals surface area contributed by atoms with Crippen LogP contribution in [0.15, 0.2) is 24.4 Å². The molecule has 6 rings (SSSR count). The van der Waals surface area contributed by atoms with Gasteiger partial charge in [-0.1, -0.05) is 18.6 Å². The SMILES string of the molecule is O[C@@H](c1ccc(C(F)(F)F)nc1)c1c(C2CCOCC2)nc2c(c1C1=CCOCC1)C([OH2+])CC1(CCC1)C2. The van der Waals surface area contributed by atoms with Gasteiger partial charge < -0.3 is 19.7 Å². The quantitative estimate of drug-likeness (QED) is 0.551. The fraction of sp³-hybridized carbons (Fsp3) is 0.586. The molecule has 38 heavy (non-hydrogen) atoms. The number of ether oxygens (including phenoxy) is 2. The van der Waals surface area contributed by atoms with Crippen LogP contribution in [0.4, 0.5) is 13.2 Å². The number of rotatable bonds is 4. The maximum Gasteiger partial charge on any atom is 0.433 e. The first kappa shape index (κ1) is 25.9. The van der Waals surface area contributed by atoms with E-state index < -0.39 is 24.1 Å². The molecule has 2 atom stereocenters. The first-order valence-corrected chi connectivity index (χ1v) is 13.6. The summed E-state index contributed by atoms with van der Waals surface area (Å²) in [6.07, 6.45) is 4.08. The van der Waals surface area contributed by atoms with Gasteiger partial charge in [-0.25, -0.2) is 0 Å². The fourth-order valence-electron chi connectivity index (χ4n) is 6.77. The van der Waals surface area contributed by atoms with Gasteiger partial charge in [-0.3, -0.25) is 9.97 Å². The van der Waals surface area contributed by atoms with Gasteiger partial charge in [0, 0.05) is 42.9 Å². The van der Waals surface area contributed by atoms with Crippen LogP contribution in [0, 0.1) is 5.41 Å². The van der Waals surface area contributed by atoms with Crippen molar-refractivity contribution in [2.45, 2.75) is 75.7 Å². The summed E-state index contributed by atoms with van der Waals surface area (Å²) < 4.78 is 50.8. The molecule has 4 aliphatic rings. The monoisotopic (exact) mass is 531 g/mol. The largest absolute Gasteiger partial charge is 0.440 e. The van der Waals surface area contributed by atoms with Gasteiger partial charge in [0.25, 0.3) is 0 Å². The van der Waals surface area contributed by atoms with Gasteiger partial charge in [-0.15, -0.1) is 0 Å². The van der Waals surface area contributed by atoms with Crippen LogP contribution in [0.5, 0.6) is 0 Å². The molecule has 1 spiro atoms. The zero-order valence-corrected chi connectivity index (χ0v) is 21.3. The van der Waals surface area contributed by atoms with Crippen LogP contribution in [0.1, 0.15) is 102 Å². The highest BCUT2D eigenvalue weighted by Gasteiger charge is 2.48. The van der Waals surface area contributed by atoms with Gasteiger partial charge in [-0.2, -0.15) is 13.2 Å². The summed E-state index contributed by atoms with van der Waals surface area (Å²) in [5.74, 6) is 0.0590. The van der Waals surface area contributed by atoms with E-state index in [9.17, 15) is 23.4 Å². The molecule has 9 heteroatoms. The number of alkyl halides is 3. The van der Waals surface area contributed by atoms with Crippen LogP contribution >= 0.6 is 0 Å². The Labute approximate surface area is 219 Å². The Morgan fingerprint density at radius 1 is 1.11 bits per heavy atom. The molecule has 0 bridgehead atoms. The number of nitrogens with zero attached hydrogens (tertiary/aromatic N) is 2. The van der Waals surface area contributed by atoms with E-state index in [-0.39, 0.29) is 16.9 Å². The van der Waals surface area contributed by atoms with Crippen LogP contribution in [0.3, 0.4) is 0 Å². The lowest BCUT2D eigenvalue weighted by Crippen LogP contribution is -2.39. The Morgan fingerprint density at radius 2 is 1.89 bits per heavy atom. The fourth-order valence-corrected chi connectivity index (χ4v) is 6.77. The van der Waals surface area contributed by atoms with Crippen molar-refractivity contribution in [3.63, 3.8) is 0 Å². The molecular weight excluding hydrogens is 497 g/mol. The molecule has 0 amide bonds. The molecular formula is C29H34F3N2O4+. The second kappa shape index (κ2) is 10.0. The third kappa shape index (κ3) is 4.68. The standard InChI is InChI=1S/C29H33F3N2O4/c30-29(31,32)22-3-2-19(16-33-22)27(36)25-23(17-4-10-37-11-5-17)24-20(14-28(8-1-9-28)15-21(24)35)34-26(25)18-6-12-38-13-7-18/h2-4,16,18,21,27,35-36H,1,5-15H2/p+1/t21?,27-/m0/s1. The van der Waals surface area contributed by atoms with E-state index in [1.807, 2.05) is 6.08 Å². The van der Waals surface area contributed by atoms with Gasteiger partial charge in [0.2, 0.25) is 0 Å². The molecule has 1 unspecified atom stereocenters. The maximum absolute atomic E-state index is 13.2. The molecule has 6 nitrogen and oxygen atoms in total. The van der Waals surface area contributed by atoms with Crippen molar-refractivity contribution in [3.8, 4) is 0 Å². The summed E-state index contributed by atoms with van der Waals surface area (Å²) in [6, 6.07) is 2.22. The van der Waals surface area contributed by atoms with Crippen molar-refractivity contribution < 1.29 is 32.9 Å². The zero-order valence-electron chi connectivity index (χ0n) is 21.3. The highest BCUT2D eigenvalue weighted by Crippen LogP contribution is 2.55. The molecule has 2 aliphatic carbocycles. The molecule has 0 aromatic carbocycles. The molecule has 2 aromatic heterocycles. The van der Waals surface area contributed by atoms with Crippen molar-refractivity contribution in [2.75, 3.05) is 26.4 Å². The Morgan fingerprint density at radius 3 is 2.50 bits per heavy atom. The van der Waals surface area contributed by atoms with Crippen molar-refractivity contribution in [1.82, 2.24) is 9.97 Å². The minimum absolute atomic E-state index is 0.0590. The summed E-state index contributed by atoms with van der Waals surface area (Å²) in [7, 11) is 0. The Balaban J connectivity index is 1.55. The van der Waals surface area contributed by atoms with E-state index >= 15 is 0 Å². The Kier molecular flexibility index (Phi) is 6.83. The number of fused-ring (bicyclic) bond motifs is 1. The summed E-state index contributed by atoms with van der Waals surface area (Å²) >= 11 is 0. The first-order chi connectivity index (χ1) is 18.3. The number of aromatic nitrogens is 2. The average Bonchev–Trinajstić information content (AvgIpc) is 2.91. The highest BCUT2D eigenvalue weighted by molar-refractivity contribution is 5.75. The topological polar surface area (TPSA) is 87.4 Å². The molecule has 1 saturated heterocycles. The number of halogens is 3. The third-order valence-corrected chi connectivity index (χ3v) is 8.88. The highest BCUT2D eigenvalue weighted by atomic mass is 19.4. The number of hydrogen-bond donors (Lipinski definition) is 1. The van der Waals surface area contributed by atoms with Crippen LogP contribution in [0.25, 0.3) is 5.57 Å². The third-order valence-electron chi connectivity index (χ3n) is 8.88. The van der Waals surface area contributed by atoms with Crippen molar-refractivity contribution in [1.29, 1.82) is 0 Å². The first-order valence-electron chi connectivity index (χ1n) is 13.6. The number of aliphatic hydroxyl groups is 1. The lowest BCUT2D eigenvalue weighted by Gasteiger charge is -2.46. The van der Waals surface area contributed by atoms with Crippen LogP contribution in [0.2, 0.25) is 0 Å². The normalized spacial score (nSPS) is 24.4. The van der Waals surface area contributed by atoms with Gasteiger partial charge in [0.1, 0.15) is 11.8 Å². The smallest absolute Gasteiger partial charge is 0.433 e. The van der Waals surface area contributed by atoms with Crippen molar-refractivity contribution in [3.05, 3.63) is 63.7 Å². The Hall–Kier alpha value is -2.33. The molecule has 204 valence electrons. The van der Waals surface area contributed by atoms with Crippen molar-refractivity contribution >= 4 is 5.57 Å². The van der Waals surface area contributed by atoms with Gasteiger partial charge in [-0.05, 0) is 61.1 Å². The summed E-state index contributed by atoms with van der Waals surface area (Å²) in [4.78, 5) is 8.85. The average molecular weight is 532 g/mol. The number of aliphatic hydroxyl groups excluding tert-OH is 1. The van der Waals surface area contributed by atoms with Gasteiger partial charge in [0.15, 0.2) is 6.10 Å². The van der Waals surface area contributed by atoms with Gasteiger partial charge in [0.05, 0.1) is 30.2 Å². The molecule has 2 aliphatic heterocycles. The Bertz CT molecular complexity index is 1220. The molecule has 0 radical (unpaired) electrons. The second-order valence-electron chi connectivity index (χ2n) is 11.3. The van der Waals surface area contributed by atoms with E-state index in [4.69, 9.17) is 14.5 Å². The van der Waals surface area contributed by atoms with E-state index in [2.05, 4.69) is 4.98 Å². The van der Waals surface area contributed by atoms with Crippen molar-refractivity contribution in [2.24, 2.45) is 5.41 Å². The van der Waals surface area contributed by atoms with Gasteiger partial charge >= 0.3 is 6.18 Å². The molecule has 2 fully saturated rings. The summed E-state index contributed by atoms with van der Waals surface area (Å²) in [5, 5.41) is 21.1. The predicted molar refractivity (Wildman–Crippen MR) is 135 cm³/mol. The van der Waals surface area contributed by atoms with E-state index in [1.54, 1.807) is 0 Å². The molecule has 2 aromatic rings. The predicted octanol–water partition coefficient (Wildman–Crippen LogP) is 5.16. The lowest BCUT2D eigenvalue weighted by atomic mass is 9.59. The minimum atomic E-state index is -4.56. The molecule has 4 heterocycles. The summed E-state index contributed by atoms with van der Waals surface area (Å²) in [5.41, 5.74) is 4.57. The van der Waals surface area contributed by atoms with E-state index in [0.717, 1.165) is 78.9 Å². The number of hydrogen-bond acceptors (Lipinski definition) is 5. The zero-order chi connectivity index (χ0) is 26.5. The lowest BCUT2D eigenvalue weighted by molar-refractivity contribution is -0.141. The second-order valence-corrected chi connectivity index (χ2v) is 11.3. The maximum atomic E-state index is 13.2. The molecule has 1 saturated carbocycles. The number of pyridine rings is 2.